The van der Waals surface area contributed by atoms with Gasteiger partial charge in [-0.1, -0.05) is 28.6 Å². The number of halogens is 1. The van der Waals surface area contributed by atoms with Crippen molar-refractivity contribution in [3.63, 3.8) is 0 Å². The van der Waals surface area contributed by atoms with Gasteiger partial charge in [0.05, 0.1) is 5.75 Å². The van der Waals surface area contributed by atoms with E-state index in [1.807, 2.05) is 16.8 Å². The molecule has 1 aromatic rings. The number of thiophene rings is 1. The third-order valence-electron chi connectivity index (χ3n) is 2.00. The van der Waals surface area contributed by atoms with Crippen molar-refractivity contribution in [2.24, 2.45) is 0 Å². The van der Waals surface area contributed by atoms with Crippen LogP contribution in [0.5, 0.6) is 0 Å². The van der Waals surface area contributed by atoms with E-state index in [-0.39, 0.29) is 18.8 Å². The van der Waals surface area contributed by atoms with Gasteiger partial charge < -0.3 is 0 Å². The molecule has 0 unspecified atom stereocenters. The lowest BCUT2D eigenvalue weighted by atomic mass is 10.4. The molecule has 0 atom stereocenters. The van der Waals surface area contributed by atoms with Gasteiger partial charge in [0.15, 0.2) is 0 Å². The van der Waals surface area contributed by atoms with Gasteiger partial charge in [0.25, 0.3) is 0 Å². The standard InChI is InChI=1S/C11H14BrNO2S2/c1-3-5-13(7-10(2)12)17(14,15)9-11-4-6-16-8-11/h3-4,6,8H,1-2,5,7,9H2. The highest BCUT2D eigenvalue weighted by Gasteiger charge is 2.21. The zero-order valence-electron chi connectivity index (χ0n) is 9.30. The molecule has 1 heterocycles. The van der Waals surface area contributed by atoms with Gasteiger partial charge in [0.2, 0.25) is 10.0 Å². The molecule has 0 aromatic carbocycles. The second kappa shape index (κ2) is 6.49. The summed E-state index contributed by atoms with van der Waals surface area (Å²) in [6, 6.07) is 1.82. The zero-order chi connectivity index (χ0) is 12.9. The van der Waals surface area contributed by atoms with E-state index in [1.165, 1.54) is 15.6 Å². The van der Waals surface area contributed by atoms with Gasteiger partial charge in [0.1, 0.15) is 0 Å². The molecular formula is C11H14BrNO2S2. The molecule has 17 heavy (non-hydrogen) atoms. The van der Waals surface area contributed by atoms with E-state index in [2.05, 4.69) is 29.1 Å². The van der Waals surface area contributed by atoms with Crippen molar-refractivity contribution in [3.8, 4) is 0 Å². The fourth-order valence-corrected chi connectivity index (χ4v) is 4.00. The molecular weight excluding hydrogens is 322 g/mol. The Labute approximate surface area is 115 Å². The summed E-state index contributed by atoms with van der Waals surface area (Å²) in [7, 11) is -3.32. The molecule has 94 valence electrons. The van der Waals surface area contributed by atoms with E-state index in [1.54, 1.807) is 6.08 Å². The van der Waals surface area contributed by atoms with Crippen molar-refractivity contribution in [3.05, 3.63) is 46.1 Å². The largest absolute Gasteiger partial charge is 0.218 e. The predicted molar refractivity (Wildman–Crippen MR) is 76.8 cm³/mol. The van der Waals surface area contributed by atoms with E-state index < -0.39 is 10.0 Å². The number of nitrogens with zero attached hydrogens (tertiary/aromatic N) is 1. The van der Waals surface area contributed by atoms with Gasteiger partial charge in [-0.05, 0) is 22.4 Å². The van der Waals surface area contributed by atoms with Crippen LogP contribution in [0.4, 0.5) is 0 Å². The van der Waals surface area contributed by atoms with Crippen molar-refractivity contribution >= 4 is 37.3 Å². The van der Waals surface area contributed by atoms with Crippen LogP contribution in [0, 0.1) is 0 Å². The molecule has 1 rings (SSSR count). The second-order valence-electron chi connectivity index (χ2n) is 3.49. The van der Waals surface area contributed by atoms with E-state index in [9.17, 15) is 8.42 Å². The minimum absolute atomic E-state index is 0.0185. The monoisotopic (exact) mass is 335 g/mol. The van der Waals surface area contributed by atoms with Crippen LogP contribution in [-0.2, 0) is 15.8 Å². The molecule has 0 bridgehead atoms. The second-order valence-corrected chi connectivity index (χ2v) is 7.36. The van der Waals surface area contributed by atoms with E-state index in [0.717, 1.165) is 5.56 Å². The average Bonchev–Trinajstić information content (AvgIpc) is 2.68. The number of hydrogen-bond donors (Lipinski definition) is 0. The minimum atomic E-state index is -3.32. The smallest absolute Gasteiger partial charge is 0.212 e. The Morgan fingerprint density at radius 2 is 2.29 bits per heavy atom. The van der Waals surface area contributed by atoms with Crippen LogP contribution in [0.3, 0.4) is 0 Å². The van der Waals surface area contributed by atoms with Crippen LogP contribution in [0.25, 0.3) is 0 Å². The normalized spacial score (nSPS) is 11.6. The van der Waals surface area contributed by atoms with Crippen molar-refractivity contribution in [2.45, 2.75) is 5.75 Å². The highest BCUT2D eigenvalue weighted by molar-refractivity contribution is 9.11. The molecule has 0 N–H and O–H groups in total. The lowest BCUT2D eigenvalue weighted by Crippen LogP contribution is -2.33. The molecule has 0 spiro atoms. The first-order valence-corrected chi connectivity index (χ1v) is 8.23. The predicted octanol–water partition coefficient (Wildman–Crippen LogP) is 2.97. The summed E-state index contributed by atoms with van der Waals surface area (Å²) in [6.45, 7) is 7.79. The first-order chi connectivity index (χ1) is 7.95. The van der Waals surface area contributed by atoms with Crippen molar-refractivity contribution in [2.75, 3.05) is 13.1 Å². The Balaban J connectivity index is 2.83. The first kappa shape index (κ1) is 14.6. The lowest BCUT2D eigenvalue weighted by Gasteiger charge is -2.19. The molecule has 0 saturated heterocycles. The molecule has 6 heteroatoms. The summed E-state index contributed by atoms with van der Waals surface area (Å²) in [5.74, 6) is 0.0185. The topological polar surface area (TPSA) is 37.4 Å². The Kier molecular flexibility index (Phi) is 5.58. The maximum absolute atomic E-state index is 12.1. The summed E-state index contributed by atoms with van der Waals surface area (Å²) in [4.78, 5) is 0. The van der Waals surface area contributed by atoms with E-state index in [0.29, 0.717) is 4.48 Å². The van der Waals surface area contributed by atoms with Crippen LogP contribution in [-0.4, -0.2) is 25.8 Å². The van der Waals surface area contributed by atoms with Crippen LogP contribution >= 0.6 is 27.3 Å². The molecule has 3 nitrogen and oxygen atoms in total. The SMILES string of the molecule is C=CCN(CC(=C)Br)S(=O)(=O)Cc1ccsc1. The molecule has 0 radical (unpaired) electrons. The van der Waals surface area contributed by atoms with Gasteiger partial charge in [-0.25, -0.2) is 8.42 Å². The average molecular weight is 336 g/mol. The quantitative estimate of drug-likeness (QED) is 0.718. The van der Waals surface area contributed by atoms with Gasteiger partial charge in [-0.15, -0.1) is 6.58 Å². The Hall–Kier alpha value is -0.430. The van der Waals surface area contributed by atoms with E-state index in [4.69, 9.17) is 0 Å². The molecule has 1 aromatic heterocycles. The molecule has 0 aliphatic heterocycles. The maximum atomic E-state index is 12.1. The van der Waals surface area contributed by atoms with Crippen LogP contribution < -0.4 is 0 Å². The van der Waals surface area contributed by atoms with Crippen molar-refractivity contribution in [1.29, 1.82) is 0 Å². The third-order valence-corrected chi connectivity index (χ3v) is 4.75. The lowest BCUT2D eigenvalue weighted by molar-refractivity contribution is 0.472. The van der Waals surface area contributed by atoms with Gasteiger partial charge in [-0.3, -0.25) is 0 Å². The number of sulfonamides is 1. The third kappa shape index (κ3) is 4.75. The number of hydrogen-bond acceptors (Lipinski definition) is 3. The van der Waals surface area contributed by atoms with Crippen LogP contribution in [0.2, 0.25) is 0 Å². The molecule has 0 amide bonds. The molecule has 0 aliphatic carbocycles. The Morgan fingerprint density at radius 3 is 2.76 bits per heavy atom. The molecule has 0 fully saturated rings. The van der Waals surface area contributed by atoms with E-state index >= 15 is 0 Å². The highest BCUT2D eigenvalue weighted by Crippen LogP contribution is 2.16. The molecule has 0 saturated carbocycles. The number of rotatable bonds is 7. The summed E-state index contributed by atoms with van der Waals surface area (Å²) in [5.41, 5.74) is 0.809. The molecule has 0 aliphatic rings. The summed E-state index contributed by atoms with van der Waals surface area (Å²) in [5, 5.41) is 3.71. The first-order valence-electron chi connectivity index (χ1n) is 4.89. The van der Waals surface area contributed by atoms with Gasteiger partial charge in [-0.2, -0.15) is 15.6 Å². The summed E-state index contributed by atoms with van der Waals surface area (Å²) in [6.07, 6.45) is 1.57. The fraction of sp³-hybridized carbons (Fsp3) is 0.273. The summed E-state index contributed by atoms with van der Waals surface area (Å²) < 4.78 is 26.3. The zero-order valence-corrected chi connectivity index (χ0v) is 12.5. The minimum Gasteiger partial charge on any atom is -0.212 e. The Morgan fingerprint density at radius 1 is 1.59 bits per heavy atom. The van der Waals surface area contributed by atoms with Crippen LogP contribution in [0.1, 0.15) is 5.56 Å². The Bertz CT molecular complexity index is 480. The fourth-order valence-electron chi connectivity index (χ4n) is 1.29. The highest BCUT2D eigenvalue weighted by atomic mass is 79.9. The van der Waals surface area contributed by atoms with Gasteiger partial charge in [0, 0.05) is 17.6 Å². The maximum Gasteiger partial charge on any atom is 0.218 e. The van der Waals surface area contributed by atoms with Crippen molar-refractivity contribution in [1.82, 2.24) is 4.31 Å². The summed E-state index contributed by atoms with van der Waals surface area (Å²) >= 11 is 4.67. The van der Waals surface area contributed by atoms with Gasteiger partial charge >= 0.3 is 0 Å². The van der Waals surface area contributed by atoms with Crippen molar-refractivity contribution < 1.29 is 8.42 Å². The van der Waals surface area contributed by atoms with Crippen LogP contribution in [0.15, 0.2) is 40.5 Å².